The lowest BCUT2D eigenvalue weighted by Crippen LogP contribution is -2.02. The van der Waals surface area contributed by atoms with Crippen molar-refractivity contribution >= 4 is 56.4 Å². The van der Waals surface area contributed by atoms with Crippen LogP contribution < -0.4 is 5.32 Å². The number of nitrogens with one attached hydrogen (secondary N) is 1. The predicted molar refractivity (Wildman–Crippen MR) is 87.7 cm³/mol. The molecule has 0 bridgehead atoms. The van der Waals surface area contributed by atoms with Crippen LogP contribution in [0.25, 0.3) is 0 Å². The summed E-state index contributed by atoms with van der Waals surface area (Å²) >= 11 is 21.9. The minimum Gasteiger partial charge on any atom is -0.380 e. The molecule has 0 aromatic heterocycles. The summed E-state index contributed by atoms with van der Waals surface area (Å²) in [5.74, 6) is 0. The molecule has 100 valence electrons. The highest BCUT2D eigenvalue weighted by Crippen LogP contribution is 2.31. The van der Waals surface area contributed by atoms with E-state index in [9.17, 15) is 0 Å². The summed E-state index contributed by atoms with van der Waals surface area (Å²) in [4.78, 5) is 0. The number of benzene rings is 2. The fourth-order valence-corrected chi connectivity index (χ4v) is 2.96. The minimum absolute atomic E-state index is 0.538. The zero-order chi connectivity index (χ0) is 14.0. The molecule has 0 amide bonds. The summed E-state index contributed by atoms with van der Waals surface area (Å²) in [6, 6.07) is 9.32. The lowest BCUT2D eigenvalue weighted by Gasteiger charge is -2.12. The van der Waals surface area contributed by atoms with Crippen LogP contribution in [0, 0.1) is 6.92 Å². The Labute approximate surface area is 136 Å². The molecule has 1 nitrogen and oxygen atoms in total. The van der Waals surface area contributed by atoms with E-state index in [2.05, 4.69) is 21.2 Å². The summed E-state index contributed by atoms with van der Waals surface area (Å²) in [6.07, 6.45) is 0. The Morgan fingerprint density at radius 1 is 1.05 bits per heavy atom. The Bertz CT molecular complexity index is 594. The monoisotopic (exact) mass is 377 g/mol. The zero-order valence-corrected chi connectivity index (χ0v) is 14.0. The average Bonchev–Trinajstić information content (AvgIpc) is 2.34. The van der Waals surface area contributed by atoms with Gasteiger partial charge in [-0.1, -0.05) is 40.9 Å². The molecule has 2 aromatic rings. The van der Waals surface area contributed by atoms with E-state index < -0.39 is 0 Å². The van der Waals surface area contributed by atoms with Crippen LogP contribution >= 0.6 is 50.7 Å². The summed E-state index contributed by atoms with van der Waals surface area (Å²) < 4.78 is 0.956. The number of hydrogen-bond acceptors (Lipinski definition) is 1. The van der Waals surface area contributed by atoms with E-state index in [1.54, 1.807) is 0 Å². The van der Waals surface area contributed by atoms with Crippen LogP contribution in [-0.2, 0) is 6.54 Å². The average molecular weight is 380 g/mol. The predicted octanol–water partition coefficient (Wildman–Crippen LogP) is 6.33. The number of rotatable bonds is 3. The molecule has 2 aromatic carbocycles. The molecule has 5 heteroatoms. The zero-order valence-electron chi connectivity index (χ0n) is 10.1. The molecule has 2 rings (SSSR count). The highest BCUT2D eigenvalue weighted by molar-refractivity contribution is 9.10. The van der Waals surface area contributed by atoms with E-state index in [0.29, 0.717) is 16.6 Å². The molecule has 0 spiro atoms. The standard InChI is InChI=1S/C14H11BrCl3N/c1-8-5-10(15)14(6-13(8)18)19-7-9-11(16)3-2-4-12(9)17/h2-6,19H,7H2,1H3. The minimum atomic E-state index is 0.538. The Morgan fingerprint density at radius 2 is 1.68 bits per heavy atom. The van der Waals surface area contributed by atoms with E-state index in [1.165, 1.54) is 0 Å². The van der Waals surface area contributed by atoms with Gasteiger partial charge in [0.25, 0.3) is 0 Å². The van der Waals surface area contributed by atoms with Crippen LogP contribution in [-0.4, -0.2) is 0 Å². The van der Waals surface area contributed by atoms with Gasteiger partial charge in [0.1, 0.15) is 0 Å². The van der Waals surface area contributed by atoms with Gasteiger partial charge >= 0.3 is 0 Å². The van der Waals surface area contributed by atoms with Crippen LogP contribution in [0.15, 0.2) is 34.8 Å². The molecule has 1 N–H and O–H groups in total. The largest absolute Gasteiger partial charge is 0.380 e. The summed E-state index contributed by atoms with van der Waals surface area (Å²) in [7, 11) is 0. The molecule has 0 atom stereocenters. The number of halogens is 4. The first-order valence-electron chi connectivity index (χ1n) is 5.61. The van der Waals surface area contributed by atoms with Crippen molar-refractivity contribution in [2.75, 3.05) is 5.32 Å². The van der Waals surface area contributed by atoms with Crippen molar-refractivity contribution in [3.05, 3.63) is 61.0 Å². The van der Waals surface area contributed by atoms with Gasteiger partial charge in [0, 0.05) is 31.6 Å². The van der Waals surface area contributed by atoms with Crippen molar-refractivity contribution in [3.63, 3.8) is 0 Å². The van der Waals surface area contributed by atoms with Gasteiger partial charge in [0.2, 0.25) is 0 Å². The van der Waals surface area contributed by atoms with Gasteiger partial charge in [-0.3, -0.25) is 0 Å². The SMILES string of the molecule is Cc1cc(Br)c(NCc2c(Cl)cccc2Cl)cc1Cl. The van der Waals surface area contributed by atoms with E-state index in [-0.39, 0.29) is 0 Å². The van der Waals surface area contributed by atoms with E-state index in [0.717, 1.165) is 26.3 Å². The molecule has 19 heavy (non-hydrogen) atoms. The molecule has 0 aliphatic heterocycles. The fourth-order valence-electron chi connectivity index (χ4n) is 1.67. The van der Waals surface area contributed by atoms with Crippen molar-refractivity contribution in [1.29, 1.82) is 0 Å². The van der Waals surface area contributed by atoms with Gasteiger partial charge in [-0.05, 0) is 52.7 Å². The molecule has 0 unspecified atom stereocenters. The quantitative estimate of drug-likeness (QED) is 0.657. The summed E-state index contributed by atoms with van der Waals surface area (Å²) in [5, 5.41) is 5.29. The van der Waals surface area contributed by atoms with E-state index in [1.807, 2.05) is 37.3 Å². The van der Waals surface area contributed by atoms with Crippen LogP contribution in [0.2, 0.25) is 15.1 Å². The van der Waals surface area contributed by atoms with Crippen molar-refractivity contribution in [3.8, 4) is 0 Å². The molecular formula is C14H11BrCl3N. The number of aryl methyl sites for hydroxylation is 1. The Morgan fingerprint density at radius 3 is 2.32 bits per heavy atom. The Kier molecular flexibility index (Phi) is 5.02. The van der Waals surface area contributed by atoms with E-state index in [4.69, 9.17) is 34.8 Å². The van der Waals surface area contributed by atoms with Crippen LogP contribution in [0.4, 0.5) is 5.69 Å². The maximum absolute atomic E-state index is 6.13. The molecular weight excluding hydrogens is 368 g/mol. The van der Waals surface area contributed by atoms with Gasteiger partial charge in [0.05, 0.1) is 5.69 Å². The summed E-state index contributed by atoms with van der Waals surface area (Å²) in [6.45, 7) is 2.50. The van der Waals surface area contributed by atoms with Gasteiger partial charge in [-0.25, -0.2) is 0 Å². The Hall–Kier alpha value is -0.410. The lowest BCUT2D eigenvalue weighted by atomic mass is 10.2. The van der Waals surface area contributed by atoms with Gasteiger partial charge < -0.3 is 5.32 Å². The molecule has 0 fully saturated rings. The van der Waals surface area contributed by atoms with Crippen molar-refractivity contribution in [1.82, 2.24) is 0 Å². The van der Waals surface area contributed by atoms with Gasteiger partial charge in [0.15, 0.2) is 0 Å². The first kappa shape index (κ1) is 15.0. The highest BCUT2D eigenvalue weighted by atomic mass is 79.9. The molecule has 0 radical (unpaired) electrons. The molecule has 0 saturated carbocycles. The molecule has 0 saturated heterocycles. The van der Waals surface area contributed by atoms with Crippen LogP contribution in [0.1, 0.15) is 11.1 Å². The number of hydrogen-bond donors (Lipinski definition) is 1. The normalized spacial score (nSPS) is 10.6. The van der Waals surface area contributed by atoms with Crippen molar-refractivity contribution in [2.45, 2.75) is 13.5 Å². The lowest BCUT2D eigenvalue weighted by molar-refractivity contribution is 1.14. The topological polar surface area (TPSA) is 12.0 Å². The second-order valence-corrected chi connectivity index (χ2v) is 6.21. The van der Waals surface area contributed by atoms with Crippen LogP contribution in [0.3, 0.4) is 0 Å². The van der Waals surface area contributed by atoms with Gasteiger partial charge in [-0.15, -0.1) is 0 Å². The third-order valence-corrected chi connectivity index (χ3v) is 4.54. The third kappa shape index (κ3) is 3.57. The first-order valence-corrected chi connectivity index (χ1v) is 7.54. The molecule has 0 aliphatic carbocycles. The highest BCUT2D eigenvalue weighted by Gasteiger charge is 2.08. The first-order chi connectivity index (χ1) is 8.99. The van der Waals surface area contributed by atoms with E-state index >= 15 is 0 Å². The smallest absolute Gasteiger partial charge is 0.0502 e. The Balaban J connectivity index is 2.22. The molecule has 0 aliphatic rings. The summed E-state index contributed by atoms with van der Waals surface area (Å²) in [5.41, 5.74) is 2.80. The van der Waals surface area contributed by atoms with Crippen LogP contribution in [0.5, 0.6) is 0 Å². The second kappa shape index (κ2) is 6.36. The van der Waals surface area contributed by atoms with Crippen molar-refractivity contribution in [2.24, 2.45) is 0 Å². The second-order valence-electron chi connectivity index (χ2n) is 4.14. The van der Waals surface area contributed by atoms with Gasteiger partial charge in [-0.2, -0.15) is 0 Å². The maximum Gasteiger partial charge on any atom is 0.0502 e. The molecule has 0 heterocycles. The number of anilines is 1. The fraction of sp³-hybridized carbons (Fsp3) is 0.143. The maximum atomic E-state index is 6.13. The van der Waals surface area contributed by atoms with Crippen molar-refractivity contribution < 1.29 is 0 Å². The third-order valence-electron chi connectivity index (χ3n) is 2.77.